The Morgan fingerprint density at radius 1 is 1.50 bits per heavy atom. The third-order valence-electron chi connectivity index (χ3n) is 0.458. The van der Waals surface area contributed by atoms with Gasteiger partial charge in [0, 0.05) is 5.54 Å². The summed E-state index contributed by atoms with van der Waals surface area (Å²) in [6, 6.07) is 0. The monoisotopic (exact) mass is 104 g/mol. The van der Waals surface area contributed by atoms with E-state index in [4.69, 9.17) is 11.6 Å². The van der Waals surface area contributed by atoms with Crippen molar-refractivity contribution in [3.05, 3.63) is 11.6 Å². The normalized spacial score (nSPS) is 11.3. The lowest BCUT2D eigenvalue weighted by Gasteiger charge is -1.86. The highest BCUT2D eigenvalue weighted by atomic mass is 35.5. The van der Waals surface area contributed by atoms with Crippen molar-refractivity contribution in [3.8, 4) is 0 Å². The first-order valence-corrected chi connectivity index (χ1v) is 2.48. The molecule has 0 heterocycles. The molecule has 0 unspecified atom stereocenters. The first kappa shape index (κ1) is 6.03. The first-order chi connectivity index (χ1) is 2.77. The predicted octanol–water partition coefficient (Wildman–Crippen LogP) is 2.39. The fourth-order valence-corrected chi connectivity index (χ4v) is 0.436. The van der Waals surface area contributed by atoms with Crippen LogP contribution in [0.2, 0.25) is 0 Å². The van der Waals surface area contributed by atoms with Gasteiger partial charge in [-0.1, -0.05) is 31.5 Å². The van der Waals surface area contributed by atoms with E-state index in [1.54, 1.807) is 5.54 Å². The van der Waals surface area contributed by atoms with E-state index in [-0.39, 0.29) is 0 Å². The SMILES string of the molecule is CC(C)/C=C\Cl. The number of hydrogen-bond donors (Lipinski definition) is 0. The number of allylic oxidation sites excluding steroid dienone is 1. The Hall–Kier alpha value is 0.0300. The summed E-state index contributed by atoms with van der Waals surface area (Å²) in [7, 11) is 0. The van der Waals surface area contributed by atoms with Gasteiger partial charge in [-0.05, 0) is 5.92 Å². The van der Waals surface area contributed by atoms with Crippen LogP contribution in [-0.2, 0) is 0 Å². The second-order valence-electron chi connectivity index (χ2n) is 1.56. The molecule has 36 valence electrons. The lowest BCUT2D eigenvalue weighted by Crippen LogP contribution is -1.72. The molecule has 0 aromatic rings. The fraction of sp³-hybridized carbons (Fsp3) is 0.600. The van der Waals surface area contributed by atoms with Crippen LogP contribution in [0.5, 0.6) is 0 Å². The van der Waals surface area contributed by atoms with E-state index >= 15 is 0 Å². The highest BCUT2D eigenvalue weighted by Crippen LogP contribution is 1.93. The molecule has 0 aromatic carbocycles. The zero-order valence-corrected chi connectivity index (χ0v) is 4.87. The molecule has 0 aliphatic rings. The Labute approximate surface area is 43.8 Å². The van der Waals surface area contributed by atoms with Gasteiger partial charge in [0.25, 0.3) is 0 Å². The zero-order chi connectivity index (χ0) is 4.99. The topological polar surface area (TPSA) is 0 Å². The van der Waals surface area contributed by atoms with Crippen molar-refractivity contribution < 1.29 is 0 Å². The van der Waals surface area contributed by atoms with Crippen LogP contribution in [0.3, 0.4) is 0 Å². The van der Waals surface area contributed by atoms with Crippen LogP contribution in [-0.4, -0.2) is 0 Å². The van der Waals surface area contributed by atoms with Crippen LogP contribution in [0, 0.1) is 5.92 Å². The Morgan fingerprint density at radius 3 is 2.00 bits per heavy atom. The van der Waals surface area contributed by atoms with Crippen LogP contribution < -0.4 is 0 Å². The molecule has 0 saturated heterocycles. The molecule has 0 rings (SSSR count). The van der Waals surface area contributed by atoms with Crippen molar-refractivity contribution in [2.24, 2.45) is 5.92 Å². The second kappa shape index (κ2) is 3.23. The molecule has 0 saturated carbocycles. The molecule has 1 heteroatoms. The van der Waals surface area contributed by atoms with Gasteiger partial charge < -0.3 is 0 Å². The number of hydrogen-bond acceptors (Lipinski definition) is 0. The van der Waals surface area contributed by atoms with E-state index in [1.165, 1.54) is 0 Å². The minimum absolute atomic E-state index is 0.586. The highest BCUT2D eigenvalue weighted by Gasteiger charge is 1.77. The maximum absolute atomic E-state index is 5.22. The minimum Gasteiger partial charge on any atom is -0.0933 e. The van der Waals surface area contributed by atoms with Crippen molar-refractivity contribution in [1.29, 1.82) is 0 Å². The van der Waals surface area contributed by atoms with Crippen molar-refractivity contribution >= 4 is 11.6 Å². The summed E-state index contributed by atoms with van der Waals surface area (Å²) in [5.41, 5.74) is 1.55. The summed E-state index contributed by atoms with van der Waals surface area (Å²) >= 11 is 5.22. The fourth-order valence-electron chi connectivity index (χ4n) is 0.145. The van der Waals surface area contributed by atoms with Gasteiger partial charge >= 0.3 is 0 Å². The first-order valence-electron chi connectivity index (χ1n) is 2.04. The van der Waals surface area contributed by atoms with Crippen LogP contribution >= 0.6 is 11.6 Å². The Bertz CT molecular complexity index is 45.9. The third kappa shape index (κ3) is 4.03. The van der Waals surface area contributed by atoms with Crippen molar-refractivity contribution in [2.45, 2.75) is 13.8 Å². The molecule has 0 aliphatic carbocycles. The number of halogens is 1. The van der Waals surface area contributed by atoms with Crippen LogP contribution in [0.4, 0.5) is 0 Å². The average Bonchev–Trinajstić information content (AvgIpc) is 1.35. The van der Waals surface area contributed by atoms with E-state index in [1.807, 2.05) is 6.08 Å². The van der Waals surface area contributed by atoms with E-state index < -0.39 is 0 Å². The maximum Gasteiger partial charge on any atom is 0.000504 e. The molecule has 0 spiro atoms. The standard InChI is InChI=1S/C5H9Cl/c1-5(2)3-4-6/h3-5H,1-2H3/b4-3-. The molecule has 0 aromatic heterocycles. The minimum atomic E-state index is 0.586. The number of rotatable bonds is 1. The highest BCUT2D eigenvalue weighted by molar-refractivity contribution is 6.25. The molecule has 0 atom stereocenters. The molecule has 0 radical (unpaired) electrons. The smallest absolute Gasteiger partial charge is 0.000504 e. The molecule has 0 bridgehead atoms. The predicted molar refractivity (Wildman–Crippen MR) is 29.8 cm³/mol. The van der Waals surface area contributed by atoms with E-state index in [0.717, 1.165) is 0 Å². The van der Waals surface area contributed by atoms with Gasteiger partial charge in [0.05, 0.1) is 0 Å². The molecule has 0 N–H and O–H groups in total. The van der Waals surface area contributed by atoms with Gasteiger partial charge in [-0.15, -0.1) is 0 Å². The van der Waals surface area contributed by atoms with E-state index in [0.29, 0.717) is 5.92 Å². The second-order valence-corrected chi connectivity index (χ2v) is 1.81. The van der Waals surface area contributed by atoms with Crippen molar-refractivity contribution in [2.75, 3.05) is 0 Å². The van der Waals surface area contributed by atoms with Gasteiger partial charge in [-0.3, -0.25) is 0 Å². The van der Waals surface area contributed by atoms with Crippen LogP contribution in [0.1, 0.15) is 13.8 Å². The van der Waals surface area contributed by atoms with Gasteiger partial charge in [-0.2, -0.15) is 0 Å². The van der Waals surface area contributed by atoms with Gasteiger partial charge in [0.1, 0.15) is 0 Å². The molecule has 6 heavy (non-hydrogen) atoms. The molecule has 0 fully saturated rings. The summed E-state index contributed by atoms with van der Waals surface area (Å²) in [5.74, 6) is 0.586. The van der Waals surface area contributed by atoms with Gasteiger partial charge in [0.15, 0.2) is 0 Å². The zero-order valence-electron chi connectivity index (χ0n) is 4.11. The quantitative estimate of drug-likeness (QED) is 0.479. The summed E-state index contributed by atoms with van der Waals surface area (Å²) in [6.45, 7) is 4.16. The van der Waals surface area contributed by atoms with Crippen molar-refractivity contribution in [1.82, 2.24) is 0 Å². The van der Waals surface area contributed by atoms with E-state index in [2.05, 4.69) is 13.8 Å². The summed E-state index contributed by atoms with van der Waals surface area (Å²) in [4.78, 5) is 0. The summed E-state index contributed by atoms with van der Waals surface area (Å²) in [6.07, 6.45) is 1.93. The lowest BCUT2D eigenvalue weighted by molar-refractivity contribution is 0.833. The summed E-state index contributed by atoms with van der Waals surface area (Å²) < 4.78 is 0. The molecule has 0 nitrogen and oxygen atoms in total. The molecule has 0 amide bonds. The molecule has 0 aliphatic heterocycles. The summed E-state index contributed by atoms with van der Waals surface area (Å²) in [5, 5.41) is 0. The third-order valence-corrected chi connectivity index (χ3v) is 0.603. The average molecular weight is 105 g/mol. The molecular weight excluding hydrogens is 95.5 g/mol. The van der Waals surface area contributed by atoms with Crippen LogP contribution in [0.25, 0.3) is 0 Å². The largest absolute Gasteiger partial charge is 0.0933 e. The van der Waals surface area contributed by atoms with Crippen molar-refractivity contribution in [3.63, 3.8) is 0 Å². The van der Waals surface area contributed by atoms with Gasteiger partial charge in [-0.25, -0.2) is 0 Å². The van der Waals surface area contributed by atoms with E-state index in [9.17, 15) is 0 Å². The lowest BCUT2D eigenvalue weighted by atomic mass is 10.2. The Morgan fingerprint density at radius 2 is 2.00 bits per heavy atom. The van der Waals surface area contributed by atoms with Gasteiger partial charge in [0.2, 0.25) is 0 Å². The Balaban J connectivity index is 3.03. The molecular formula is C5H9Cl. The Kier molecular flexibility index (Phi) is 3.24. The van der Waals surface area contributed by atoms with Crippen LogP contribution in [0.15, 0.2) is 11.6 Å². The maximum atomic E-state index is 5.22.